The Hall–Kier alpha value is -3.43. The molecule has 0 radical (unpaired) electrons. The summed E-state index contributed by atoms with van der Waals surface area (Å²) < 4.78 is 1.20. The highest BCUT2D eigenvalue weighted by Gasteiger charge is 2.54. The van der Waals surface area contributed by atoms with Crippen molar-refractivity contribution in [3.8, 4) is 0 Å². The molecule has 2 unspecified atom stereocenters. The minimum atomic E-state index is -1.47. The van der Waals surface area contributed by atoms with Gasteiger partial charge in [0.25, 0.3) is 11.8 Å². The van der Waals surface area contributed by atoms with Crippen LogP contribution in [0.25, 0.3) is 0 Å². The van der Waals surface area contributed by atoms with Crippen LogP contribution >= 0.6 is 23.5 Å². The summed E-state index contributed by atoms with van der Waals surface area (Å²) in [5.41, 5.74) is 0.632. The Morgan fingerprint density at radius 2 is 1.97 bits per heavy atom. The fourth-order valence-corrected chi connectivity index (χ4v) is 6.47. The Kier molecular flexibility index (Phi) is 8.14. The number of rotatable bonds is 11. The van der Waals surface area contributed by atoms with Crippen LogP contribution in [0.15, 0.2) is 46.8 Å². The molecule has 37 heavy (non-hydrogen) atoms. The molecule has 1 aromatic heterocycles. The molecule has 1 fully saturated rings. The van der Waals surface area contributed by atoms with E-state index in [2.05, 4.69) is 20.8 Å². The third-order valence-corrected chi connectivity index (χ3v) is 8.25. The lowest BCUT2D eigenvalue weighted by molar-refractivity contribution is -0.151. The number of aliphatic carboxylic acids is 2. The van der Waals surface area contributed by atoms with E-state index in [0.717, 1.165) is 16.7 Å². The highest BCUT2D eigenvalue weighted by Crippen LogP contribution is 2.41. The van der Waals surface area contributed by atoms with Gasteiger partial charge in [-0.25, -0.2) is 14.3 Å². The minimum Gasteiger partial charge on any atom is -0.480 e. The first-order chi connectivity index (χ1) is 17.7. The van der Waals surface area contributed by atoms with E-state index in [1.165, 1.54) is 16.4 Å². The molecule has 196 valence electrons. The van der Waals surface area contributed by atoms with Gasteiger partial charge in [0.05, 0.1) is 0 Å². The maximum Gasteiger partial charge on any atom is 0.352 e. The number of benzene rings is 1. The standard InChI is InChI=1S/C22H24N6O7S2/c1-2-6-13(20(32)33)28-22(24-25-26-28)37-10-12-9-36-19-14(18(31)27(19)15(12)21(34)35)23-17(30)16(29)11-7-4-3-5-8-11/h3-5,7-8,13-14,16,19,29H,2,6,9-10H2,1H3,(H,23,30)(H,32,33)(H,34,35)/t13?,14?,16-,19-/m1/s1. The number of thioether (sulfide) groups is 2. The number of hydrogen-bond acceptors (Lipinski definition) is 10. The number of carboxylic acid groups (broad SMARTS) is 2. The van der Waals surface area contributed by atoms with Gasteiger partial charge in [0.2, 0.25) is 5.16 Å². The molecular weight excluding hydrogens is 524 g/mol. The lowest BCUT2D eigenvalue weighted by Crippen LogP contribution is -2.70. The van der Waals surface area contributed by atoms with Crippen molar-refractivity contribution < 1.29 is 34.5 Å². The quantitative estimate of drug-likeness (QED) is 0.227. The Morgan fingerprint density at radius 1 is 1.24 bits per heavy atom. The van der Waals surface area contributed by atoms with E-state index in [4.69, 9.17) is 0 Å². The van der Waals surface area contributed by atoms with Crippen molar-refractivity contribution in [3.63, 3.8) is 0 Å². The first-order valence-corrected chi connectivity index (χ1v) is 13.3. The van der Waals surface area contributed by atoms with Gasteiger partial charge in [-0.05, 0) is 28.0 Å². The second-order valence-corrected chi connectivity index (χ2v) is 10.4. The Labute approximate surface area is 219 Å². The molecule has 4 rings (SSSR count). The molecule has 0 saturated carbocycles. The number of carbonyl (C=O) groups is 4. The largest absolute Gasteiger partial charge is 0.480 e. The van der Waals surface area contributed by atoms with Crippen LogP contribution in [0.3, 0.4) is 0 Å². The fourth-order valence-electron chi connectivity index (χ4n) is 4.06. The van der Waals surface area contributed by atoms with Crippen LogP contribution in [-0.4, -0.2) is 87.1 Å². The van der Waals surface area contributed by atoms with Crippen molar-refractivity contribution in [3.05, 3.63) is 47.2 Å². The van der Waals surface area contributed by atoms with Gasteiger partial charge in [-0.1, -0.05) is 55.4 Å². The number of β-lactam (4-membered cyclic amide) rings is 1. The van der Waals surface area contributed by atoms with E-state index in [1.54, 1.807) is 30.3 Å². The van der Waals surface area contributed by atoms with Gasteiger partial charge >= 0.3 is 11.9 Å². The smallest absolute Gasteiger partial charge is 0.352 e. The number of hydrogen-bond donors (Lipinski definition) is 4. The number of amides is 2. The van der Waals surface area contributed by atoms with Crippen LogP contribution in [0.5, 0.6) is 0 Å². The molecule has 0 bridgehead atoms. The predicted octanol–water partition coefficient (Wildman–Crippen LogP) is 0.663. The third-order valence-electron chi connectivity index (χ3n) is 5.89. The van der Waals surface area contributed by atoms with E-state index in [-0.39, 0.29) is 22.4 Å². The highest BCUT2D eigenvalue weighted by molar-refractivity contribution is 8.01. The first-order valence-electron chi connectivity index (χ1n) is 11.3. The molecule has 15 heteroatoms. The molecule has 2 aliphatic heterocycles. The summed E-state index contributed by atoms with van der Waals surface area (Å²) in [6, 6.07) is 6.33. The molecule has 1 saturated heterocycles. The zero-order valence-electron chi connectivity index (χ0n) is 19.6. The molecular formula is C22H24N6O7S2. The van der Waals surface area contributed by atoms with Crippen LogP contribution < -0.4 is 5.32 Å². The summed E-state index contributed by atoms with van der Waals surface area (Å²) in [7, 11) is 0. The van der Waals surface area contributed by atoms with Crippen molar-refractivity contribution >= 4 is 47.3 Å². The molecule has 13 nitrogen and oxygen atoms in total. The van der Waals surface area contributed by atoms with Gasteiger partial charge in [0.1, 0.15) is 17.1 Å². The van der Waals surface area contributed by atoms with Gasteiger partial charge in [0.15, 0.2) is 12.1 Å². The van der Waals surface area contributed by atoms with Crippen molar-refractivity contribution in [1.29, 1.82) is 0 Å². The minimum absolute atomic E-state index is 0.119. The summed E-state index contributed by atoms with van der Waals surface area (Å²) >= 11 is 2.37. The van der Waals surface area contributed by atoms with Crippen molar-refractivity contribution in [2.75, 3.05) is 11.5 Å². The van der Waals surface area contributed by atoms with Crippen LogP contribution in [-0.2, 0) is 19.2 Å². The Morgan fingerprint density at radius 3 is 2.62 bits per heavy atom. The average molecular weight is 549 g/mol. The first kappa shape index (κ1) is 26.6. The molecule has 2 aromatic rings. The molecule has 0 aliphatic carbocycles. The van der Waals surface area contributed by atoms with Gasteiger partial charge < -0.3 is 20.6 Å². The summed E-state index contributed by atoms with van der Waals surface area (Å²) in [4.78, 5) is 50.3. The molecule has 1 aromatic carbocycles. The van der Waals surface area contributed by atoms with Crippen LogP contribution in [0.4, 0.5) is 0 Å². The molecule has 2 amide bonds. The van der Waals surface area contributed by atoms with E-state index >= 15 is 0 Å². The van der Waals surface area contributed by atoms with Crippen molar-refractivity contribution in [2.24, 2.45) is 0 Å². The average Bonchev–Trinajstić information content (AvgIpc) is 3.36. The number of aliphatic hydroxyl groups excluding tert-OH is 1. The van der Waals surface area contributed by atoms with E-state index < -0.39 is 47.3 Å². The van der Waals surface area contributed by atoms with Crippen LogP contribution in [0.2, 0.25) is 0 Å². The lowest BCUT2D eigenvalue weighted by atomic mass is 10.0. The lowest BCUT2D eigenvalue weighted by Gasteiger charge is -2.49. The van der Waals surface area contributed by atoms with Crippen LogP contribution in [0.1, 0.15) is 37.5 Å². The molecule has 4 atom stereocenters. The van der Waals surface area contributed by atoms with Gasteiger partial charge in [0, 0.05) is 11.5 Å². The molecule has 3 heterocycles. The number of aliphatic hydroxyl groups is 1. The van der Waals surface area contributed by atoms with Crippen molar-refractivity contribution in [1.82, 2.24) is 30.4 Å². The van der Waals surface area contributed by atoms with Gasteiger partial charge in [-0.15, -0.1) is 16.9 Å². The summed E-state index contributed by atoms with van der Waals surface area (Å²) in [6.07, 6.45) is -0.542. The maximum absolute atomic E-state index is 12.9. The van der Waals surface area contributed by atoms with Gasteiger partial charge in [-0.3, -0.25) is 14.5 Å². The number of aromatic nitrogens is 4. The van der Waals surface area contributed by atoms with E-state index in [0.29, 0.717) is 24.0 Å². The molecule has 2 aliphatic rings. The SMILES string of the molecule is CCCC(C(=O)O)n1nnnc1SCC1=C(C(=O)O)N2C(=O)C(NC(=O)[C@H](O)c3ccccc3)[C@H]2SC1. The molecule has 0 spiro atoms. The summed E-state index contributed by atoms with van der Waals surface area (Å²) in [5.74, 6) is -3.33. The second-order valence-electron chi connectivity index (χ2n) is 8.30. The zero-order chi connectivity index (χ0) is 26.7. The number of tetrazole rings is 1. The number of fused-ring (bicyclic) bond motifs is 1. The number of carboxylic acids is 2. The number of nitrogens with one attached hydrogen (secondary N) is 1. The topological polar surface area (TPSA) is 188 Å². The monoisotopic (exact) mass is 548 g/mol. The van der Waals surface area contributed by atoms with Crippen molar-refractivity contribution in [2.45, 2.75) is 48.5 Å². The zero-order valence-corrected chi connectivity index (χ0v) is 21.2. The normalized spacial score (nSPS) is 20.6. The second kappa shape index (κ2) is 11.3. The maximum atomic E-state index is 12.9. The summed E-state index contributed by atoms with van der Waals surface area (Å²) in [5, 5.41) is 43.0. The summed E-state index contributed by atoms with van der Waals surface area (Å²) in [6.45, 7) is 1.84. The Balaban J connectivity index is 1.46. The molecule has 4 N–H and O–H groups in total. The predicted molar refractivity (Wildman–Crippen MR) is 131 cm³/mol. The van der Waals surface area contributed by atoms with E-state index in [9.17, 15) is 34.5 Å². The Bertz CT molecular complexity index is 1240. The van der Waals surface area contributed by atoms with Gasteiger partial charge in [-0.2, -0.15) is 0 Å². The number of carbonyl (C=O) groups excluding carboxylic acids is 2. The third kappa shape index (κ3) is 5.33. The van der Waals surface area contributed by atoms with Crippen LogP contribution in [0, 0.1) is 0 Å². The number of nitrogens with zero attached hydrogens (tertiary/aromatic N) is 5. The fraction of sp³-hybridized carbons (Fsp3) is 0.409. The van der Waals surface area contributed by atoms with E-state index in [1.807, 2.05) is 6.92 Å². The highest BCUT2D eigenvalue weighted by atomic mass is 32.2.